The Morgan fingerprint density at radius 1 is 1.18 bits per heavy atom. The molecule has 1 amide bonds. The fraction of sp³-hybridized carbons (Fsp3) is 0.273. The summed E-state index contributed by atoms with van der Waals surface area (Å²) in [4.78, 5) is 25.2. The van der Waals surface area contributed by atoms with E-state index in [1.165, 1.54) is 41.0 Å². The molecule has 1 aliphatic rings. The number of fused-ring (bicyclic) bond motifs is 1. The van der Waals surface area contributed by atoms with E-state index < -0.39 is 28.5 Å². The predicted molar refractivity (Wildman–Crippen MR) is 128 cm³/mol. The number of carbonyl (C=O) groups excluding carboxylic acids is 2. The molecule has 0 saturated carbocycles. The first-order valence-corrected chi connectivity index (χ1v) is 12.8. The number of morpholine rings is 1. The number of carbonyl (C=O) groups is 2. The van der Waals surface area contributed by atoms with Gasteiger partial charge in [0.15, 0.2) is 6.61 Å². The average Bonchev–Trinajstić information content (AvgIpc) is 3.19. The highest BCUT2D eigenvalue weighted by Gasteiger charge is 2.27. The highest BCUT2D eigenvalue weighted by molar-refractivity contribution is 7.89. The van der Waals surface area contributed by atoms with E-state index in [0.29, 0.717) is 13.2 Å². The van der Waals surface area contributed by atoms with Crippen LogP contribution in [0.1, 0.15) is 9.67 Å². The number of benzene rings is 2. The van der Waals surface area contributed by atoms with Gasteiger partial charge in [-0.15, -0.1) is 11.3 Å². The van der Waals surface area contributed by atoms with Gasteiger partial charge in [0.25, 0.3) is 5.91 Å². The third-order valence-electron chi connectivity index (χ3n) is 5.11. The van der Waals surface area contributed by atoms with E-state index in [-0.39, 0.29) is 39.3 Å². The largest absolute Gasteiger partial charge is 0.495 e. The lowest BCUT2D eigenvalue weighted by Crippen LogP contribution is -2.40. The van der Waals surface area contributed by atoms with Crippen molar-refractivity contribution in [3.8, 4) is 5.75 Å². The molecule has 1 aromatic heterocycles. The van der Waals surface area contributed by atoms with E-state index in [2.05, 4.69) is 5.32 Å². The molecule has 0 bridgehead atoms. The van der Waals surface area contributed by atoms with Crippen LogP contribution in [0.25, 0.3) is 10.1 Å². The second-order valence-corrected chi connectivity index (χ2v) is 10.6. The summed E-state index contributed by atoms with van der Waals surface area (Å²) >= 11 is 7.46. The van der Waals surface area contributed by atoms with Gasteiger partial charge in [-0.2, -0.15) is 4.31 Å². The summed E-state index contributed by atoms with van der Waals surface area (Å²) in [5.74, 6) is -1.13. The second kappa shape index (κ2) is 10.3. The van der Waals surface area contributed by atoms with Gasteiger partial charge < -0.3 is 19.5 Å². The van der Waals surface area contributed by atoms with Crippen molar-refractivity contribution in [2.24, 2.45) is 0 Å². The van der Waals surface area contributed by atoms with E-state index in [4.69, 9.17) is 25.8 Å². The topological polar surface area (TPSA) is 111 Å². The van der Waals surface area contributed by atoms with E-state index in [0.717, 1.165) is 10.1 Å². The van der Waals surface area contributed by atoms with Crippen molar-refractivity contribution in [3.63, 3.8) is 0 Å². The van der Waals surface area contributed by atoms with Crippen molar-refractivity contribution in [1.82, 2.24) is 4.31 Å². The fourth-order valence-electron chi connectivity index (χ4n) is 3.41. The smallest absolute Gasteiger partial charge is 0.350 e. The van der Waals surface area contributed by atoms with Gasteiger partial charge in [0.2, 0.25) is 10.0 Å². The molecule has 0 radical (unpaired) electrons. The number of halogens is 1. The zero-order chi connectivity index (χ0) is 24.3. The van der Waals surface area contributed by atoms with Crippen LogP contribution in [0.4, 0.5) is 5.69 Å². The Balaban J connectivity index is 1.46. The standard InChI is InChI=1S/C22H21ClN2O7S2/c1-30-17-7-6-14(34(28,29)25-8-10-31-11-9-25)12-16(17)24-19(26)13-32-22(27)21-20(23)15-4-2-3-5-18(15)33-21/h2-7,12H,8-11,13H2,1H3,(H,24,26). The Morgan fingerprint density at radius 3 is 2.62 bits per heavy atom. The molecule has 0 spiro atoms. The third kappa shape index (κ3) is 5.03. The highest BCUT2D eigenvalue weighted by atomic mass is 35.5. The maximum Gasteiger partial charge on any atom is 0.350 e. The lowest BCUT2D eigenvalue weighted by atomic mass is 10.2. The molecule has 1 aliphatic heterocycles. The normalized spacial score (nSPS) is 14.6. The van der Waals surface area contributed by atoms with Crippen molar-refractivity contribution < 1.29 is 32.2 Å². The quantitative estimate of drug-likeness (QED) is 0.471. The number of rotatable bonds is 7. The molecule has 2 aromatic carbocycles. The van der Waals surface area contributed by atoms with Crippen LogP contribution in [0.3, 0.4) is 0 Å². The van der Waals surface area contributed by atoms with Gasteiger partial charge in [0.1, 0.15) is 10.6 Å². The molecule has 0 atom stereocenters. The van der Waals surface area contributed by atoms with Crippen LogP contribution in [0.2, 0.25) is 5.02 Å². The minimum Gasteiger partial charge on any atom is -0.495 e. The highest BCUT2D eigenvalue weighted by Crippen LogP contribution is 2.35. The first kappa shape index (κ1) is 24.4. The molecule has 2 heterocycles. The Hall–Kier alpha value is -2.70. The van der Waals surface area contributed by atoms with Gasteiger partial charge in [-0.1, -0.05) is 29.8 Å². The van der Waals surface area contributed by atoms with Crippen molar-refractivity contribution in [2.75, 3.05) is 45.3 Å². The molecule has 1 N–H and O–H groups in total. The van der Waals surface area contributed by atoms with Gasteiger partial charge in [-0.05, 0) is 24.3 Å². The van der Waals surface area contributed by atoms with Gasteiger partial charge >= 0.3 is 5.97 Å². The molecule has 0 unspecified atom stereocenters. The molecule has 1 saturated heterocycles. The Morgan fingerprint density at radius 2 is 1.91 bits per heavy atom. The summed E-state index contributed by atoms with van der Waals surface area (Å²) in [5.41, 5.74) is 0.137. The Bertz CT molecular complexity index is 1330. The van der Waals surface area contributed by atoms with Gasteiger partial charge in [-0.3, -0.25) is 4.79 Å². The van der Waals surface area contributed by atoms with Crippen molar-refractivity contribution in [1.29, 1.82) is 0 Å². The monoisotopic (exact) mass is 524 g/mol. The van der Waals surface area contributed by atoms with Crippen LogP contribution in [0, 0.1) is 0 Å². The Kier molecular flexibility index (Phi) is 7.39. The number of amides is 1. The number of nitrogens with zero attached hydrogens (tertiary/aromatic N) is 1. The third-order valence-corrected chi connectivity index (χ3v) is 8.66. The number of sulfonamides is 1. The molecular weight excluding hydrogens is 504 g/mol. The minimum absolute atomic E-state index is 0.000415. The molecule has 3 aromatic rings. The minimum atomic E-state index is -3.78. The molecule has 1 fully saturated rings. The number of esters is 1. The lowest BCUT2D eigenvalue weighted by molar-refractivity contribution is -0.119. The first-order chi connectivity index (χ1) is 16.3. The van der Waals surface area contributed by atoms with Crippen LogP contribution in [0.15, 0.2) is 47.4 Å². The zero-order valence-electron chi connectivity index (χ0n) is 18.1. The first-order valence-electron chi connectivity index (χ1n) is 10.2. The maximum absolute atomic E-state index is 12.9. The van der Waals surface area contributed by atoms with Gasteiger partial charge in [0, 0.05) is 23.2 Å². The molecule has 4 rings (SSSR count). The molecule has 9 nitrogen and oxygen atoms in total. The summed E-state index contributed by atoms with van der Waals surface area (Å²) in [6, 6.07) is 11.4. The number of methoxy groups -OCH3 is 1. The second-order valence-electron chi connectivity index (χ2n) is 7.24. The number of anilines is 1. The molecule has 12 heteroatoms. The van der Waals surface area contributed by atoms with Crippen molar-refractivity contribution in [3.05, 3.63) is 52.4 Å². The number of thiophene rings is 1. The molecule has 180 valence electrons. The number of nitrogens with one attached hydrogen (secondary N) is 1. The summed E-state index contributed by atoms with van der Waals surface area (Å²) in [5, 5.41) is 3.55. The van der Waals surface area contributed by atoms with Gasteiger partial charge in [-0.25, -0.2) is 13.2 Å². The maximum atomic E-state index is 12.9. The van der Waals surface area contributed by atoms with Crippen LogP contribution in [0.5, 0.6) is 5.75 Å². The Labute approximate surface area is 205 Å². The van der Waals surface area contributed by atoms with Crippen LogP contribution in [-0.4, -0.2) is 64.6 Å². The van der Waals surface area contributed by atoms with Crippen molar-refractivity contribution in [2.45, 2.75) is 4.90 Å². The van der Waals surface area contributed by atoms with Crippen LogP contribution >= 0.6 is 22.9 Å². The lowest BCUT2D eigenvalue weighted by Gasteiger charge is -2.26. The molecular formula is C22H21ClN2O7S2. The van der Waals surface area contributed by atoms with Gasteiger partial charge in [0.05, 0.1) is 35.9 Å². The van der Waals surface area contributed by atoms with E-state index in [9.17, 15) is 18.0 Å². The van der Waals surface area contributed by atoms with E-state index >= 15 is 0 Å². The number of ether oxygens (including phenoxy) is 3. The summed E-state index contributed by atoms with van der Waals surface area (Å²) in [6.45, 7) is 0.522. The summed E-state index contributed by atoms with van der Waals surface area (Å²) in [6.07, 6.45) is 0. The average molecular weight is 525 g/mol. The summed E-state index contributed by atoms with van der Waals surface area (Å²) in [7, 11) is -2.38. The fourth-order valence-corrected chi connectivity index (χ4v) is 6.25. The van der Waals surface area contributed by atoms with Crippen molar-refractivity contribution >= 4 is 60.6 Å². The molecule has 34 heavy (non-hydrogen) atoms. The number of hydrogen-bond donors (Lipinski definition) is 1. The van der Waals surface area contributed by atoms with E-state index in [1.807, 2.05) is 18.2 Å². The molecule has 0 aliphatic carbocycles. The SMILES string of the molecule is COc1ccc(S(=O)(=O)N2CCOCC2)cc1NC(=O)COC(=O)c1sc2ccccc2c1Cl. The number of hydrogen-bond acceptors (Lipinski definition) is 8. The summed E-state index contributed by atoms with van der Waals surface area (Å²) < 4.78 is 43.6. The predicted octanol–water partition coefficient (Wildman–Crippen LogP) is 3.38. The van der Waals surface area contributed by atoms with Crippen LogP contribution < -0.4 is 10.1 Å². The van der Waals surface area contributed by atoms with Crippen LogP contribution in [-0.2, 0) is 24.3 Å². The zero-order valence-corrected chi connectivity index (χ0v) is 20.5. The van der Waals surface area contributed by atoms with E-state index in [1.54, 1.807) is 6.07 Å².